The van der Waals surface area contributed by atoms with Crippen LogP contribution in [-0.2, 0) is 9.63 Å². The van der Waals surface area contributed by atoms with Crippen LogP contribution in [0.3, 0.4) is 0 Å². The van der Waals surface area contributed by atoms with Gasteiger partial charge in [-0.3, -0.25) is 10.1 Å². The molecule has 1 aromatic rings. The third kappa shape index (κ3) is 2.93. The van der Waals surface area contributed by atoms with E-state index in [0.717, 1.165) is 5.56 Å². The molecule has 0 aliphatic carbocycles. The quantitative estimate of drug-likeness (QED) is 0.320. The minimum Gasteiger partial charge on any atom is -0.399 e. The average molecular weight is 209 g/mol. The zero-order chi connectivity index (χ0) is 11.3. The van der Waals surface area contributed by atoms with Crippen LogP contribution in [0.4, 0.5) is 5.69 Å². The molecular formula is C10H15N3O2. The molecule has 0 heterocycles. The Hall–Kier alpha value is -1.59. The molecule has 3 N–H and O–H groups in total. The summed E-state index contributed by atoms with van der Waals surface area (Å²) in [6.07, 6.45) is -0.184. The van der Waals surface area contributed by atoms with Crippen molar-refractivity contribution in [2.75, 3.05) is 19.8 Å². The molecule has 0 aliphatic rings. The summed E-state index contributed by atoms with van der Waals surface area (Å²) in [7, 11) is 3.46. The van der Waals surface area contributed by atoms with Gasteiger partial charge >= 0.3 is 6.47 Å². The number of nitrogens with two attached hydrogens (primary N) is 1. The molecule has 5 heteroatoms. The van der Waals surface area contributed by atoms with E-state index in [9.17, 15) is 4.79 Å². The number of hydrogen-bond acceptors (Lipinski definition) is 5. The van der Waals surface area contributed by atoms with Gasteiger partial charge < -0.3 is 10.6 Å². The van der Waals surface area contributed by atoms with Crippen molar-refractivity contribution in [3.05, 3.63) is 29.8 Å². The summed E-state index contributed by atoms with van der Waals surface area (Å²) in [5, 5.41) is 4.45. The van der Waals surface area contributed by atoms with E-state index in [1.165, 1.54) is 5.06 Å². The van der Waals surface area contributed by atoms with Gasteiger partial charge in [0.1, 0.15) is 6.17 Å². The maximum atomic E-state index is 10.2. The first-order valence-corrected chi connectivity index (χ1v) is 4.55. The maximum absolute atomic E-state index is 10.2. The highest BCUT2D eigenvalue weighted by molar-refractivity contribution is 5.40. The summed E-state index contributed by atoms with van der Waals surface area (Å²) in [6.45, 7) is 0.391. The first-order valence-electron chi connectivity index (χ1n) is 4.55. The number of anilines is 1. The van der Waals surface area contributed by atoms with Crippen molar-refractivity contribution in [3.63, 3.8) is 0 Å². The van der Waals surface area contributed by atoms with E-state index in [-0.39, 0.29) is 6.17 Å². The highest BCUT2D eigenvalue weighted by atomic mass is 16.7. The second kappa shape index (κ2) is 5.33. The zero-order valence-electron chi connectivity index (χ0n) is 8.81. The highest BCUT2D eigenvalue weighted by Gasteiger charge is 2.15. The van der Waals surface area contributed by atoms with Crippen LogP contribution in [-0.4, -0.2) is 25.6 Å². The van der Waals surface area contributed by atoms with Gasteiger partial charge in [-0.25, -0.2) is 0 Å². The van der Waals surface area contributed by atoms with Gasteiger partial charge in [-0.2, -0.15) is 0 Å². The summed E-state index contributed by atoms with van der Waals surface area (Å²) in [5.74, 6) is 0. The molecule has 0 spiro atoms. The first kappa shape index (κ1) is 11.5. The normalized spacial score (nSPS) is 12.5. The minimum atomic E-state index is -0.184. The van der Waals surface area contributed by atoms with Crippen LogP contribution >= 0.6 is 0 Å². The van der Waals surface area contributed by atoms with Gasteiger partial charge in [0.2, 0.25) is 0 Å². The van der Waals surface area contributed by atoms with Gasteiger partial charge in [-0.1, -0.05) is 12.1 Å². The van der Waals surface area contributed by atoms with Gasteiger partial charge in [-0.05, 0) is 24.7 Å². The number of nitrogens with zero attached hydrogens (tertiary/aromatic N) is 1. The fraction of sp³-hybridized carbons (Fsp3) is 0.300. The lowest BCUT2D eigenvalue weighted by Gasteiger charge is -2.24. The SMILES string of the molecule is CNC(c1ccc(N)cc1)N(C)OC=O. The number of carbonyl (C=O) groups excluding carboxylic acids is 1. The summed E-state index contributed by atoms with van der Waals surface area (Å²) >= 11 is 0. The largest absolute Gasteiger partial charge is 0.399 e. The number of nitrogens with one attached hydrogen (secondary N) is 1. The Morgan fingerprint density at radius 1 is 1.47 bits per heavy atom. The van der Waals surface area contributed by atoms with E-state index in [0.29, 0.717) is 12.2 Å². The number of carbonyl (C=O) groups is 1. The van der Waals surface area contributed by atoms with E-state index in [4.69, 9.17) is 10.6 Å². The van der Waals surface area contributed by atoms with Gasteiger partial charge in [0.15, 0.2) is 0 Å². The lowest BCUT2D eigenvalue weighted by Crippen LogP contribution is -2.33. The van der Waals surface area contributed by atoms with Gasteiger partial charge in [0.25, 0.3) is 0 Å². The first-order chi connectivity index (χ1) is 7.19. The molecule has 0 aliphatic heterocycles. The zero-order valence-corrected chi connectivity index (χ0v) is 8.81. The standard InChI is InChI=1S/C10H15N3O2/c1-12-10(13(2)15-7-14)8-3-5-9(11)6-4-8/h3-7,10,12H,11H2,1-2H3. The third-order valence-electron chi connectivity index (χ3n) is 2.10. The van der Waals surface area contributed by atoms with Crippen LogP contribution in [0.2, 0.25) is 0 Å². The van der Waals surface area contributed by atoms with Crippen molar-refractivity contribution < 1.29 is 9.63 Å². The average Bonchev–Trinajstić information content (AvgIpc) is 2.22. The third-order valence-corrected chi connectivity index (χ3v) is 2.10. The fourth-order valence-corrected chi connectivity index (χ4v) is 1.37. The summed E-state index contributed by atoms with van der Waals surface area (Å²) in [6, 6.07) is 7.35. The molecule has 0 aromatic heterocycles. The number of benzene rings is 1. The smallest absolute Gasteiger partial charge is 0.313 e. The van der Waals surface area contributed by atoms with E-state index >= 15 is 0 Å². The molecule has 0 bridgehead atoms. The Balaban J connectivity index is 2.81. The van der Waals surface area contributed by atoms with Crippen LogP contribution in [0.25, 0.3) is 0 Å². The monoisotopic (exact) mass is 209 g/mol. The van der Waals surface area contributed by atoms with Crippen molar-refractivity contribution in [3.8, 4) is 0 Å². The molecule has 5 nitrogen and oxygen atoms in total. The van der Waals surface area contributed by atoms with Crippen molar-refractivity contribution in [1.29, 1.82) is 0 Å². The topological polar surface area (TPSA) is 67.6 Å². The molecule has 82 valence electrons. The Morgan fingerprint density at radius 3 is 2.53 bits per heavy atom. The molecule has 1 rings (SSSR count). The van der Waals surface area contributed by atoms with Gasteiger partial charge in [-0.15, -0.1) is 5.06 Å². The molecule has 0 radical (unpaired) electrons. The predicted octanol–water partition coefficient (Wildman–Crippen LogP) is 0.507. The molecule has 1 aromatic carbocycles. The Labute approximate surface area is 88.8 Å². The predicted molar refractivity (Wildman–Crippen MR) is 57.6 cm³/mol. The number of hydroxylamine groups is 2. The molecule has 0 saturated heterocycles. The van der Waals surface area contributed by atoms with Crippen molar-refractivity contribution in [2.45, 2.75) is 6.17 Å². The van der Waals surface area contributed by atoms with Crippen molar-refractivity contribution in [2.24, 2.45) is 0 Å². The molecule has 15 heavy (non-hydrogen) atoms. The molecule has 1 unspecified atom stereocenters. The van der Waals surface area contributed by atoms with Crippen LogP contribution in [0.5, 0.6) is 0 Å². The fourth-order valence-electron chi connectivity index (χ4n) is 1.37. The van der Waals surface area contributed by atoms with Crippen LogP contribution in [0, 0.1) is 0 Å². The number of nitrogen functional groups attached to an aromatic ring is 1. The van der Waals surface area contributed by atoms with Gasteiger partial charge in [0.05, 0.1) is 0 Å². The summed E-state index contributed by atoms with van der Waals surface area (Å²) in [5.41, 5.74) is 7.25. The Kier molecular flexibility index (Phi) is 4.08. The van der Waals surface area contributed by atoms with Crippen LogP contribution in [0.15, 0.2) is 24.3 Å². The van der Waals surface area contributed by atoms with E-state index in [1.54, 1.807) is 26.2 Å². The molecule has 0 fully saturated rings. The Morgan fingerprint density at radius 2 is 2.07 bits per heavy atom. The highest BCUT2D eigenvalue weighted by Crippen LogP contribution is 2.17. The van der Waals surface area contributed by atoms with E-state index < -0.39 is 0 Å². The maximum Gasteiger partial charge on any atom is 0.313 e. The van der Waals surface area contributed by atoms with Gasteiger partial charge in [0, 0.05) is 12.7 Å². The lowest BCUT2D eigenvalue weighted by atomic mass is 10.1. The summed E-state index contributed by atoms with van der Waals surface area (Å²) in [4.78, 5) is 14.9. The van der Waals surface area contributed by atoms with Crippen molar-refractivity contribution in [1.82, 2.24) is 10.4 Å². The van der Waals surface area contributed by atoms with E-state index in [1.807, 2.05) is 12.1 Å². The summed E-state index contributed by atoms with van der Waals surface area (Å²) < 4.78 is 0. The number of hydrogen-bond donors (Lipinski definition) is 2. The second-order valence-electron chi connectivity index (χ2n) is 3.11. The molecule has 1 atom stereocenters. The molecule has 0 saturated carbocycles. The second-order valence-corrected chi connectivity index (χ2v) is 3.11. The minimum absolute atomic E-state index is 0.184. The number of rotatable bonds is 5. The van der Waals surface area contributed by atoms with E-state index in [2.05, 4.69) is 5.32 Å². The molecular weight excluding hydrogens is 194 g/mol. The lowest BCUT2D eigenvalue weighted by molar-refractivity contribution is -0.180. The Bertz CT molecular complexity index is 313. The van der Waals surface area contributed by atoms with Crippen LogP contribution in [0.1, 0.15) is 11.7 Å². The van der Waals surface area contributed by atoms with Crippen LogP contribution < -0.4 is 11.1 Å². The molecule has 0 amide bonds. The van der Waals surface area contributed by atoms with Crippen molar-refractivity contribution >= 4 is 12.2 Å².